The number of carbonyl (C=O) groups is 1. The number of ether oxygens (including phenoxy) is 3. The maximum Gasteiger partial charge on any atom is 0.338 e. The summed E-state index contributed by atoms with van der Waals surface area (Å²) < 4.78 is 20.6. The molecule has 0 N–H and O–H groups in total. The molecule has 3 heterocycles. The first-order valence-electron chi connectivity index (χ1n) is 14.2. The van der Waals surface area contributed by atoms with Gasteiger partial charge in [0.2, 0.25) is 0 Å². The molecule has 0 aliphatic carbocycles. The van der Waals surface area contributed by atoms with Gasteiger partial charge in [0.1, 0.15) is 0 Å². The lowest BCUT2D eigenvalue weighted by atomic mass is 9.95. The van der Waals surface area contributed by atoms with Crippen LogP contribution in [0.2, 0.25) is 10.0 Å². The monoisotopic (exact) mass is 661 g/mol. The number of halogens is 2. The number of methoxy groups -OCH3 is 2. The Morgan fingerprint density at radius 1 is 1.02 bits per heavy atom. The lowest BCUT2D eigenvalue weighted by Crippen LogP contribution is -2.39. The summed E-state index contributed by atoms with van der Waals surface area (Å²) in [4.78, 5) is 32.7. The van der Waals surface area contributed by atoms with Gasteiger partial charge in [0.15, 0.2) is 16.3 Å². The van der Waals surface area contributed by atoms with E-state index >= 15 is 0 Å². The van der Waals surface area contributed by atoms with Gasteiger partial charge in [0, 0.05) is 29.2 Å². The second kappa shape index (κ2) is 12.6. The van der Waals surface area contributed by atoms with Gasteiger partial charge >= 0.3 is 5.97 Å². The molecule has 0 saturated carbocycles. The number of allylic oxidation sites excluding steroid dienone is 1. The van der Waals surface area contributed by atoms with Gasteiger partial charge in [-0.15, -0.1) is 0 Å². The Morgan fingerprint density at radius 2 is 1.80 bits per heavy atom. The van der Waals surface area contributed by atoms with E-state index in [2.05, 4.69) is 4.57 Å². The number of aromatic nitrogens is 2. The molecule has 0 radical (unpaired) electrons. The van der Waals surface area contributed by atoms with Gasteiger partial charge in [-0.3, -0.25) is 9.36 Å². The zero-order valence-electron chi connectivity index (χ0n) is 25.0. The zero-order chi connectivity index (χ0) is 31.8. The van der Waals surface area contributed by atoms with Crippen molar-refractivity contribution in [2.45, 2.75) is 26.4 Å². The summed E-state index contributed by atoms with van der Waals surface area (Å²) in [5.41, 5.74) is 4.05. The molecule has 45 heavy (non-hydrogen) atoms. The van der Waals surface area contributed by atoms with E-state index in [9.17, 15) is 9.59 Å². The Bertz CT molecular complexity index is 2180. The molecule has 8 nitrogen and oxygen atoms in total. The Hall–Kier alpha value is -4.31. The van der Waals surface area contributed by atoms with Crippen LogP contribution in [0.5, 0.6) is 11.5 Å². The van der Waals surface area contributed by atoms with Crippen molar-refractivity contribution in [3.8, 4) is 11.5 Å². The number of para-hydroxylation sites is 1. The smallest absolute Gasteiger partial charge is 0.338 e. The van der Waals surface area contributed by atoms with E-state index in [-0.39, 0.29) is 12.2 Å². The molecule has 230 valence electrons. The fraction of sp³-hybridized carbons (Fsp3) is 0.206. The Labute approximate surface area is 273 Å². The third-order valence-electron chi connectivity index (χ3n) is 7.68. The first kappa shape index (κ1) is 30.7. The van der Waals surface area contributed by atoms with Crippen LogP contribution < -0.4 is 24.4 Å². The molecule has 1 aliphatic heterocycles. The highest BCUT2D eigenvalue weighted by Gasteiger charge is 2.34. The Kier molecular flexibility index (Phi) is 8.59. The van der Waals surface area contributed by atoms with Gasteiger partial charge in [0.25, 0.3) is 5.56 Å². The predicted octanol–water partition coefficient (Wildman–Crippen LogP) is 6.13. The van der Waals surface area contributed by atoms with Crippen LogP contribution in [0.3, 0.4) is 0 Å². The molecule has 0 saturated heterocycles. The molecule has 0 unspecified atom stereocenters. The number of esters is 1. The third-order valence-corrected chi connectivity index (χ3v) is 9.41. The molecule has 2 aromatic heterocycles. The summed E-state index contributed by atoms with van der Waals surface area (Å²) in [6.45, 7) is 4.25. The highest BCUT2D eigenvalue weighted by Crippen LogP contribution is 2.36. The summed E-state index contributed by atoms with van der Waals surface area (Å²) in [5, 5.41) is 1.98. The molecule has 6 rings (SSSR count). The Balaban J connectivity index is 1.52. The van der Waals surface area contributed by atoms with Gasteiger partial charge in [-0.25, -0.2) is 9.79 Å². The van der Waals surface area contributed by atoms with Gasteiger partial charge in [0.05, 0.1) is 52.7 Å². The molecule has 0 spiro atoms. The number of rotatable bonds is 8. The largest absolute Gasteiger partial charge is 0.493 e. The van der Waals surface area contributed by atoms with Crippen LogP contribution in [0, 0.1) is 0 Å². The van der Waals surface area contributed by atoms with E-state index < -0.39 is 12.0 Å². The molecular weight excluding hydrogens is 633 g/mol. The molecule has 11 heteroatoms. The van der Waals surface area contributed by atoms with Crippen molar-refractivity contribution in [1.29, 1.82) is 0 Å². The first-order chi connectivity index (χ1) is 21.7. The number of carbonyl (C=O) groups excluding carboxylic acids is 1. The van der Waals surface area contributed by atoms with Crippen molar-refractivity contribution in [2.75, 3.05) is 20.8 Å². The molecule has 1 atom stereocenters. The molecule has 1 aliphatic rings. The average molecular weight is 663 g/mol. The normalized spacial score (nSPS) is 14.8. The van der Waals surface area contributed by atoms with Crippen LogP contribution >= 0.6 is 34.5 Å². The van der Waals surface area contributed by atoms with Crippen molar-refractivity contribution in [2.24, 2.45) is 4.99 Å². The molecule has 0 bridgehead atoms. The van der Waals surface area contributed by atoms with Gasteiger partial charge < -0.3 is 18.8 Å². The van der Waals surface area contributed by atoms with E-state index in [1.165, 1.54) is 11.3 Å². The van der Waals surface area contributed by atoms with Crippen molar-refractivity contribution >= 4 is 57.5 Å². The minimum absolute atomic E-state index is 0.185. The third kappa shape index (κ3) is 5.67. The fourth-order valence-corrected chi connectivity index (χ4v) is 6.98. The van der Waals surface area contributed by atoms with Gasteiger partial charge in [-0.1, -0.05) is 64.9 Å². The second-order valence-corrected chi connectivity index (χ2v) is 12.2. The van der Waals surface area contributed by atoms with Crippen LogP contribution in [0.4, 0.5) is 0 Å². The molecule has 0 fully saturated rings. The van der Waals surface area contributed by atoms with Crippen molar-refractivity contribution < 1.29 is 19.0 Å². The lowest BCUT2D eigenvalue weighted by Gasteiger charge is -2.25. The predicted molar refractivity (Wildman–Crippen MR) is 177 cm³/mol. The fourth-order valence-electron chi connectivity index (χ4n) is 5.63. The summed E-state index contributed by atoms with van der Waals surface area (Å²) in [6, 6.07) is 18.2. The molecule has 3 aromatic carbocycles. The molecule has 0 amide bonds. The van der Waals surface area contributed by atoms with Crippen LogP contribution in [0.25, 0.3) is 17.0 Å². The number of thiazole rings is 1. The van der Waals surface area contributed by atoms with Crippen molar-refractivity contribution in [3.63, 3.8) is 0 Å². The van der Waals surface area contributed by atoms with Crippen LogP contribution in [0.15, 0.2) is 87.9 Å². The highest BCUT2D eigenvalue weighted by molar-refractivity contribution is 7.07. The van der Waals surface area contributed by atoms with Crippen molar-refractivity contribution in [3.05, 3.63) is 125 Å². The Morgan fingerprint density at radius 3 is 2.53 bits per heavy atom. The quantitative estimate of drug-likeness (QED) is 0.187. The topological polar surface area (TPSA) is 84.1 Å². The van der Waals surface area contributed by atoms with E-state index in [4.69, 9.17) is 42.4 Å². The lowest BCUT2D eigenvalue weighted by molar-refractivity contribution is -0.139. The summed E-state index contributed by atoms with van der Waals surface area (Å²) in [6.07, 6.45) is 3.90. The van der Waals surface area contributed by atoms with Crippen LogP contribution in [-0.4, -0.2) is 35.9 Å². The number of hydrogen-bond acceptors (Lipinski definition) is 7. The minimum Gasteiger partial charge on any atom is -0.493 e. The zero-order valence-corrected chi connectivity index (χ0v) is 27.3. The van der Waals surface area contributed by atoms with Crippen LogP contribution in [-0.2, 0) is 16.1 Å². The summed E-state index contributed by atoms with van der Waals surface area (Å²) >= 11 is 13.7. The maximum absolute atomic E-state index is 14.2. The van der Waals surface area contributed by atoms with E-state index in [0.717, 1.165) is 22.0 Å². The number of hydrogen-bond donors (Lipinski definition) is 0. The number of fused-ring (bicyclic) bond motifs is 2. The average Bonchev–Trinajstić information content (AvgIpc) is 3.53. The van der Waals surface area contributed by atoms with E-state index in [0.29, 0.717) is 54.3 Å². The number of benzene rings is 3. The second-order valence-electron chi connectivity index (χ2n) is 10.4. The number of nitrogens with zero attached hydrogens (tertiary/aromatic N) is 3. The molecular formula is C34H29Cl2N3O5S. The van der Waals surface area contributed by atoms with E-state index in [1.807, 2.05) is 54.7 Å². The van der Waals surface area contributed by atoms with E-state index in [1.54, 1.807) is 50.8 Å². The summed E-state index contributed by atoms with van der Waals surface area (Å²) in [7, 11) is 3.09. The molecule has 5 aromatic rings. The first-order valence-corrected chi connectivity index (χ1v) is 15.7. The summed E-state index contributed by atoms with van der Waals surface area (Å²) in [5.74, 6) is 0.479. The maximum atomic E-state index is 14.2. The van der Waals surface area contributed by atoms with Gasteiger partial charge in [-0.2, -0.15) is 0 Å². The van der Waals surface area contributed by atoms with Gasteiger partial charge in [-0.05, 0) is 61.4 Å². The van der Waals surface area contributed by atoms with Crippen molar-refractivity contribution in [1.82, 2.24) is 9.13 Å². The SMILES string of the molecule is CCOC(=O)C1=C(C)N=c2s/c(=C/c3cn(Cc4ccc(Cl)c(Cl)c4)c4ccccc34)c(=O)n2[C@@H]1c1ccc(OC)c(OC)c1. The minimum atomic E-state index is -0.779. The standard InChI is InChI=1S/C34H29Cl2N3O5S/c1-5-44-33(41)30-19(2)37-34-39(31(30)21-11-13-27(42-3)28(15-21)43-4)32(40)29(45-34)16-22-18-38(26-9-7-6-8-23(22)26)17-20-10-12-24(35)25(36)14-20/h6-16,18,31H,5,17H2,1-4H3/b29-16+/t31-/m1/s1. The highest BCUT2D eigenvalue weighted by atomic mass is 35.5. The van der Waals surface area contributed by atoms with Crippen LogP contribution in [0.1, 0.15) is 36.6 Å².